The molecule has 0 atom stereocenters. The van der Waals surface area contributed by atoms with Gasteiger partial charge in [0.05, 0.1) is 6.61 Å². The van der Waals surface area contributed by atoms with Crippen molar-refractivity contribution in [3.05, 3.63) is 34.3 Å². The smallest absolute Gasteiger partial charge is 0.0587 e. The Morgan fingerprint density at radius 1 is 1.17 bits per heavy atom. The number of hydrogen-bond donors (Lipinski definition) is 1. The van der Waals surface area contributed by atoms with E-state index in [2.05, 4.69) is 59.4 Å². The van der Waals surface area contributed by atoms with Crippen molar-refractivity contribution in [1.82, 2.24) is 5.32 Å². The molecule has 0 aliphatic rings. The molecule has 0 spiro atoms. The number of rotatable bonds is 8. The summed E-state index contributed by atoms with van der Waals surface area (Å²) < 4.78 is 6.22. The lowest BCUT2D eigenvalue weighted by molar-refractivity contribution is 0.195. The average Bonchev–Trinajstić information content (AvgIpc) is 2.41. The minimum absolute atomic E-state index is 0.231. The molecule has 0 radical (unpaired) electrons. The van der Waals surface area contributed by atoms with E-state index in [4.69, 9.17) is 4.74 Å². The topological polar surface area (TPSA) is 21.3 Å². The molecule has 0 bridgehead atoms. The fourth-order valence-corrected chi connectivity index (χ4v) is 2.58. The summed E-state index contributed by atoms with van der Waals surface area (Å²) in [6.45, 7) is 7.22. The quantitative estimate of drug-likeness (QED) is 0.738. The Hall–Kier alpha value is -0.380. The maximum atomic E-state index is 5.08. The molecule has 18 heavy (non-hydrogen) atoms. The van der Waals surface area contributed by atoms with Crippen molar-refractivity contribution < 1.29 is 4.74 Å². The molecule has 1 rings (SSSR count). The Balaban J connectivity index is 2.75. The molecular weight excluding hydrogens is 290 g/mol. The Morgan fingerprint density at radius 2 is 1.78 bits per heavy atom. The van der Waals surface area contributed by atoms with Crippen LogP contribution in [0.4, 0.5) is 0 Å². The minimum atomic E-state index is 0.231. The number of benzene rings is 1. The van der Waals surface area contributed by atoms with Gasteiger partial charge in [-0.3, -0.25) is 0 Å². The van der Waals surface area contributed by atoms with E-state index in [-0.39, 0.29) is 5.41 Å². The molecule has 0 aliphatic carbocycles. The van der Waals surface area contributed by atoms with E-state index in [9.17, 15) is 0 Å². The summed E-state index contributed by atoms with van der Waals surface area (Å²) in [6.07, 6.45) is 2.29. The fourth-order valence-electron chi connectivity index (χ4n) is 2.32. The first-order valence-corrected chi connectivity index (χ1v) is 7.43. The number of nitrogens with one attached hydrogen (secondary N) is 1. The highest BCUT2D eigenvalue weighted by molar-refractivity contribution is 9.10. The molecule has 0 unspecified atom stereocenters. The zero-order valence-electron chi connectivity index (χ0n) is 11.6. The summed E-state index contributed by atoms with van der Waals surface area (Å²) in [4.78, 5) is 0. The van der Waals surface area contributed by atoms with Gasteiger partial charge in [-0.1, -0.05) is 41.9 Å². The standard InChI is InChI=1S/C15H24BrNO/c1-4-15(5-2,12-17-10-11-18-3)13-6-8-14(16)9-7-13/h6-9,17H,4-5,10-12H2,1-3H3. The second kappa shape index (κ2) is 7.93. The van der Waals surface area contributed by atoms with Crippen LogP contribution in [0.5, 0.6) is 0 Å². The van der Waals surface area contributed by atoms with Crippen LogP contribution >= 0.6 is 15.9 Å². The van der Waals surface area contributed by atoms with Gasteiger partial charge in [-0.25, -0.2) is 0 Å². The van der Waals surface area contributed by atoms with Crippen molar-refractivity contribution in [3.8, 4) is 0 Å². The SMILES string of the molecule is CCC(CC)(CNCCOC)c1ccc(Br)cc1. The molecule has 1 aromatic rings. The van der Waals surface area contributed by atoms with Gasteiger partial charge in [0.1, 0.15) is 0 Å². The molecule has 0 saturated heterocycles. The number of methoxy groups -OCH3 is 1. The molecule has 3 heteroatoms. The van der Waals surface area contributed by atoms with Crippen molar-refractivity contribution in [2.75, 3.05) is 26.8 Å². The van der Waals surface area contributed by atoms with Gasteiger partial charge in [0.25, 0.3) is 0 Å². The molecule has 0 amide bonds. The second-order valence-corrected chi connectivity index (χ2v) is 5.58. The average molecular weight is 314 g/mol. The van der Waals surface area contributed by atoms with Crippen LogP contribution in [0.3, 0.4) is 0 Å². The largest absolute Gasteiger partial charge is 0.383 e. The van der Waals surface area contributed by atoms with Crippen LogP contribution in [0, 0.1) is 0 Å². The number of halogens is 1. The van der Waals surface area contributed by atoms with Crippen LogP contribution in [0.1, 0.15) is 32.3 Å². The highest BCUT2D eigenvalue weighted by atomic mass is 79.9. The predicted octanol–water partition coefficient (Wildman–Crippen LogP) is 3.74. The van der Waals surface area contributed by atoms with Gasteiger partial charge in [0.2, 0.25) is 0 Å². The van der Waals surface area contributed by atoms with Gasteiger partial charge >= 0.3 is 0 Å². The van der Waals surface area contributed by atoms with Crippen molar-refractivity contribution in [1.29, 1.82) is 0 Å². The zero-order valence-corrected chi connectivity index (χ0v) is 13.2. The number of ether oxygens (including phenoxy) is 1. The summed E-state index contributed by atoms with van der Waals surface area (Å²) >= 11 is 3.50. The predicted molar refractivity (Wildman–Crippen MR) is 81.1 cm³/mol. The molecule has 1 N–H and O–H groups in total. The van der Waals surface area contributed by atoms with E-state index >= 15 is 0 Å². The third-order valence-corrected chi connectivity index (χ3v) is 4.29. The lowest BCUT2D eigenvalue weighted by Crippen LogP contribution is -2.38. The molecule has 2 nitrogen and oxygen atoms in total. The molecule has 0 fully saturated rings. The first-order chi connectivity index (χ1) is 8.68. The van der Waals surface area contributed by atoms with Crippen molar-refractivity contribution in [2.45, 2.75) is 32.1 Å². The van der Waals surface area contributed by atoms with Crippen LogP contribution in [0.25, 0.3) is 0 Å². The van der Waals surface area contributed by atoms with Gasteiger partial charge in [0, 0.05) is 30.1 Å². The summed E-state index contributed by atoms with van der Waals surface area (Å²) in [7, 11) is 1.74. The van der Waals surface area contributed by atoms with E-state index in [1.165, 1.54) is 5.56 Å². The van der Waals surface area contributed by atoms with Crippen molar-refractivity contribution in [3.63, 3.8) is 0 Å². The minimum Gasteiger partial charge on any atom is -0.383 e. The van der Waals surface area contributed by atoms with Gasteiger partial charge in [0.15, 0.2) is 0 Å². The third kappa shape index (κ3) is 4.08. The van der Waals surface area contributed by atoms with Gasteiger partial charge in [-0.2, -0.15) is 0 Å². The summed E-state index contributed by atoms with van der Waals surface area (Å²) in [5, 5.41) is 3.51. The second-order valence-electron chi connectivity index (χ2n) is 4.66. The lowest BCUT2D eigenvalue weighted by atomic mass is 9.76. The van der Waals surface area contributed by atoms with E-state index in [1.54, 1.807) is 7.11 Å². The third-order valence-electron chi connectivity index (χ3n) is 3.76. The van der Waals surface area contributed by atoms with Crippen molar-refractivity contribution >= 4 is 15.9 Å². The van der Waals surface area contributed by atoms with Crippen LogP contribution < -0.4 is 5.32 Å². The first kappa shape index (κ1) is 15.7. The first-order valence-electron chi connectivity index (χ1n) is 6.64. The van der Waals surface area contributed by atoms with Crippen LogP contribution in [0.2, 0.25) is 0 Å². The Kier molecular flexibility index (Phi) is 6.90. The molecule has 1 aromatic carbocycles. The Bertz CT molecular complexity index is 333. The van der Waals surface area contributed by atoms with Gasteiger partial charge in [-0.15, -0.1) is 0 Å². The van der Waals surface area contributed by atoms with Gasteiger partial charge < -0.3 is 10.1 Å². The fraction of sp³-hybridized carbons (Fsp3) is 0.600. The normalized spacial score (nSPS) is 11.8. The van der Waals surface area contributed by atoms with Crippen LogP contribution in [-0.4, -0.2) is 26.8 Å². The molecular formula is C15H24BrNO. The van der Waals surface area contributed by atoms with Crippen LogP contribution in [0.15, 0.2) is 28.7 Å². The van der Waals surface area contributed by atoms with E-state index in [1.807, 2.05) is 0 Å². The zero-order chi connectivity index (χ0) is 13.4. The van der Waals surface area contributed by atoms with Gasteiger partial charge in [-0.05, 0) is 30.5 Å². The highest BCUT2D eigenvalue weighted by Gasteiger charge is 2.27. The summed E-state index contributed by atoms with van der Waals surface area (Å²) in [6, 6.07) is 8.72. The van der Waals surface area contributed by atoms with E-state index in [0.717, 1.165) is 37.0 Å². The Morgan fingerprint density at radius 3 is 2.28 bits per heavy atom. The Labute approximate surface area is 119 Å². The monoisotopic (exact) mass is 313 g/mol. The molecule has 0 aliphatic heterocycles. The van der Waals surface area contributed by atoms with E-state index in [0.29, 0.717) is 0 Å². The maximum absolute atomic E-state index is 5.08. The molecule has 102 valence electrons. The lowest BCUT2D eigenvalue weighted by Gasteiger charge is -2.33. The molecule has 0 heterocycles. The highest BCUT2D eigenvalue weighted by Crippen LogP contribution is 2.31. The maximum Gasteiger partial charge on any atom is 0.0587 e. The molecule has 0 saturated carbocycles. The van der Waals surface area contributed by atoms with Crippen molar-refractivity contribution in [2.24, 2.45) is 0 Å². The number of hydrogen-bond acceptors (Lipinski definition) is 2. The van der Waals surface area contributed by atoms with Crippen LogP contribution in [-0.2, 0) is 10.2 Å². The van der Waals surface area contributed by atoms with E-state index < -0.39 is 0 Å². The summed E-state index contributed by atoms with van der Waals surface area (Å²) in [5.41, 5.74) is 1.65. The summed E-state index contributed by atoms with van der Waals surface area (Å²) in [5.74, 6) is 0. The molecule has 0 aromatic heterocycles.